The van der Waals surface area contributed by atoms with Gasteiger partial charge in [-0.15, -0.1) is 0 Å². The van der Waals surface area contributed by atoms with E-state index in [1.54, 1.807) is 0 Å². The third kappa shape index (κ3) is 3.29. The molecule has 0 saturated heterocycles. The molecule has 0 spiro atoms. The maximum atomic E-state index is 9.07. The van der Waals surface area contributed by atoms with Crippen molar-refractivity contribution in [1.82, 2.24) is 0 Å². The second-order valence-corrected chi connectivity index (χ2v) is 4.63. The van der Waals surface area contributed by atoms with Crippen LogP contribution in [0.25, 0.3) is 11.0 Å². The van der Waals surface area contributed by atoms with Gasteiger partial charge in [0.2, 0.25) is 5.76 Å². The summed E-state index contributed by atoms with van der Waals surface area (Å²) in [7, 11) is 0. The van der Waals surface area contributed by atoms with Crippen LogP contribution in [-0.4, -0.2) is 6.61 Å². The summed E-state index contributed by atoms with van der Waals surface area (Å²) in [5, 5.41) is 9.95. The van der Waals surface area contributed by atoms with Gasteiger partial charge in [-0.05, 0) is 18.6 Å². The van der Waals surface area contributed by atoms with Crippen LogP contribution < -0.4 is 4.74 Å². The van der Waals surface area contributed by atoms with E-state index in [-0.39, 0.29) is 5.76 Å². The maximum absolute atomic E-state index is 9.07. The molecule has 100 valence electrons. The SMILES string of the molecule is CCCCCCCOc1c(C#N)oc2ccccc12. The predicted molar refractivity (Wildman–Crippen MR) is 75.2 cm³/mol. The molecular weight excluding hydrogens is 238 g/mol. The summed E-state index contributed by atoms with van der Waals surface area (Å²) in [6.07, 6.45) is 5.96. The van der Waals surface area contributed by atoms with E-state index in [1.165, 1.54) is 25.7 Å². The van der Waals surface area contributed by atoms with Crippen molar-refractivity contribution in [3.63, 3.8) is 0 Å². The van der Waals surface area contributed by atoms with Crippen LogP contribution in [0.3, 0.4) is 0 Å². The predicted octanol–water partition coefficient (Wildman–Crippen LogP) is 4.65. The van der Waals surface area contributed by atoms with Crippen molar-refractivity contribution in [3.8, 4) is 11.8 Å². The molecule has 0 N–H and O–H groups in total. The van der Waals surface area contributed by atoms with Gasteiger partial charge in [0.05, 0.1) is 12.0 Å². The van der Waals surface area contributed by atoms with E-state index in [0.29, 0.717) is 17.9 Å². The van der Waals surface area contributed by atoms with Crippen LogP contribution in [0.5, 0.6) is 5.75 Å². The van der Waals surface area contributed by atoms with Crippen molar-refractivity contribution in [3.05, 3.63) is 30.0 Å². The quantitative estimate of drug-likeness (QED) is 0.678. The average molecular weight is 257 g/mol. The normalized spacial score (nSPS) is 10.5. The van der Waals surface area contributed by atoms with E-state index in [4.69, 9.17) is 14.4 Å². The van der Waals surface area contributed by atoms with Crippen molar-refractivity contribution in [2.75, 3.05) is 6.61 Å². The second-order valence-electron chi connectivity index (χ2n) is 4.63. The van der Waals surface area contributed by atoms with Crippen LogP contribution in [0.2, 0.25) is 0 Å². The zero-order chi connectivity index (χ0) is 13.5. The third-order valence-corrected chi connectivity index (χ3v) is 3.15. The molecule has 0 saturated carbocycles. The van der Waals surface area contributed by atoms with Crippen LogP contribution in [0.4, 0.5) is 0 Å². The number of para-hydroxylation sites is 1. The Morgan fingerprint density at radius 1 is 1.16 bits per heavy atom. The minimum absolute atomic E-state index is 0.273. The Labute approximate surface area is 113 Å². The minimum atomic E-state index is 0.273. The summed E-state index contributed by atoms with van der Waals surface area (Å²) >= 11 is 0. The summed E-state index contributed by atoms with van der Waals surface area (Å²) < 4.78 is 11.2. The lowest BCUT2D eigenvalue weighted by Crippen LogP contribution is -1.97. The molecule has 1 aromatic heterocycles. The fourth-order valence-corrected chi connectivity index (χ4v) is 2.12. The molecule has 0 atom stereocenters. The highest BCUT2D eigenvalue weighted by atomic mass is 16.5. The smallest absolute Gasteiger partial charge is 0.246 e. The van der Waals surface area contributed by atoms with E-state index < -0.39 is 0 Å². The van der Waals surface area contributed by atoms with Crippen LogP contribution in [0.15, 0.2) is 28.7 Å². The first-order valence-electron chi connectivity index (χ1n) is 6.91. The molecule has 3 nitrogen and oxygen atoms in total. The molecule has 0 bridgehead atoms. The monoisotopic (exact) mass is 257 g/mol. The lowest BCUT2D eigenvalue weighted by Gasteiger charge is -2.04. The Morgan fingerprint density at radius 3 is 2.74 bits per heavy atom. The number of hydrogen-bond donors (Lipinski definition) is 0. The Hall–Kier alpha value is -1.95. The van der Waals surface area contributed by atoms with Gasteiger partial charge in [-0.1, -0.05) is 44.7 Å². The van der Waals surface area contributed by atoms with Gasteiger partial charge in [-0.3, -0.25) is 0 Å². The van der Waals surface area contributed by atoms with E-state index in [2.05, 4.69) is 13.0 Å². The maximum Gasteiger partial charge on any atom is 0.246 e. The average Bonchev–Trinajstić information content (AvgIpc) is 2.81. The number of benzene rings is 1. The van der Waals surface area contributed by atoms with E-state index in [1.807, 2.05) is 24.3 Å². The molecule has 0 aliphatic heterocycles. The first-order chi connectivity index (χ1) is 9.36. The Kier molecular flexibility index (Phi) is 4.85. The number of unbranched alkanes of at least 4 members (excludes halogenated alkanes) is 4. The van der Waals surface area contributed by atoms with Gasteiger partial charge in [-0.25, -0.2) is 0 Å². The molecule has 1 heterocycles. The number of furan rings is 1. The number of rotatable bonds is 7. The number of fused-ring (bicyclic) bond motifs is 1. The Bertz CT molecular complexity index is 566. The first-order valence-corrected chi connectivity index (χ1v) is 6.91. The molecule has 2 aromatic rings. The molecule has 0 fully saturated rings. The highest BCUT2D eigenvalue weighted by molar-refractivity contribution is 5.86. The van der Waals surface area contributed by atoms with Crippen molar-refractivity contribution in [2.24, 2.45) is 0 Å². The summed E-state index contributed by atoms with van der Waals surface area (Å²) in [5.74, 6) is 0.864. The van der Waals surface area contributed by atoms with Crippen LogP contribution in [0, 0.1) is 11.3 Å². The van der Waals surface area contributed by atoms with E-state index in [9.17, 15) is 0 Å². The molecular formula is C16H19NO2. The van der Waals surface area contributed by atoms with Gasteiger partial charge >= 0.3 is 0 Å². The van der Waals surface area contributed by atoms with E-state index in [0.717, 1.165) is 11.8 Å². The highest BCUT2D eigenvalue weighted by Crippen LogP contribution is 2.32. The van der Waals surface area contributed by atoms with Crippen LogP contribution in [0.1, 0.15) is 44.8 Å². The van der Waals surface area contributed by atoms with Crippen molar-refractivity contribution < 1.29 is 9.15 Å². The molecule has 0 aliphatic carbocycles. The first kappa shape index (κ1) is 13.5. The zero-order valence-corrected chi connectivity index (χ0v) is 11.3. The number of nitriles is 1. The molecule has 19 heavy (non-hydrogen) atoms. The van der Waals surface area contributed by atoms with Gasteiger partial charge in [0.1, 0.15) is 11.7 Å². The highest BCUT2D eigenvalue weighted by Gasteiger charge is 2.14. The molecule has 0 unspecified atom stereocenters. The molecule has 3 heteroatoms. The summed E-state index contributed by atoms with van der Waals surface area (Å²) in [6.45, 7) is 2.84. The largest absolute Gasteiger partial charge is 0.488 e. The molecule has 0 aliphatic rings. The Morgan fingerprint density at radius 2 is 1.95 bits per heavy atom. The van der Waals surface area contributed by atoms with Crippen molar-refractivity contribution in [1.29, 1.82) is 5.26 Å². The molecule has 2 rings (SSSR count). The number of nitrogens with zero attached hydrogens (tertiary/aromatic N) is 1. The van der Waals surface area contributed by atoms with Gasteiger partial charge in [-0.2, -0.15) is 5.26 Å². The van der Waals surface area contributed by atoms with Crippen LogP contribution >= 0.6 is 0 Å². The fraction of sp³-hybridized carbons (Fsp3) is 0.438. The second kappa shape index (κ2) is 6.84. The standard InChI is InChI=1S/C16H19NO2/c1-2-3-4-5-8-11-18-16-13-9-6-7-10-14(13)19-15(16)12-17/h6-7,9-10H,2-5,8,11H2,1H3. The molecule has 0 radical (unpaired) electrons. The summed E-state index contributed by atoms with van der Waals surface area (Å²) in [5.41, 5.74) is 0.708. The van der Waals surface area contributed by atoms with Crippen molar-refractivity contribution >= 4 is 11.0 Å². The molecule has 0 amide bonds. The number of hydrogen-bond acceptors (Lipinski definition) is 3. The summed E-state index contributed by atoms with van der Waals surface area (Å²) in [6, 6.07) is 9.64. The topological polar surface area (TPSA) is 46.2 Å². The fourth-order valence-electron chi connectivity index (χ4n) is 2.12. The van der Waals surface area contributed by atoms with E-state index >= 15 is 0 Å². The zero-order valence-electron chi connectivity index (χ0n) is 11.3. The number of ether oxygens (including phenoxy) is 1. The third-order valence-electron chi connectivity index (χ3n) is 3.15. The lowest BCUT2D eigenvalue weighted by molar-refractivity contribution is 0.302. The molecule has 1 aromatic carbocycles. The van der Waals surface area contributed by atoms with Gasteiger partial charge in [0, 0.05) is 0 Å². The minimum Gasteiger partial charge on any atom is -0.488 e. The summed E-state index contributed by atoms with van der Waals surface area (Å²) in [4.78, 5) is 0. The Balaban J connectivity index is 1.98. The lowest BCUT2D eigenvalue weighted by atomic mass is 10.2. The van der Waals surface area contributed by atoms with Crippen molar-refractivity contribution in [2.45, 2.75) is 39.0 Å². The van der Waals surface area contributed by atoms with Crippen LogP contribution in [-0.2, 0) is 0 Å². The van der Waals surface area contributed by atoms with Gasteiger partial charge in [0.15, 0.2) is 5.75 Å². The van der Waals surface area contributed by atoms with Gasteiger partial charge in [0.25, 0.3) is 0 Å². The van der Waals surface area contributed by atoms with Gasteiger partial charge < -0.3 is 9.15 Å².